The monoisotopic (exact) mass is 417 g/mol. The third-order valence-electron chi connectivity index (χ3n) is 7.51. The van der Waals surface area contributed by atoms with Crippen LogP contribution in [0.4, 0.5) is 0 Å². The van der Waals surface area contributed by atoms with Crippen molar-refractivity contribution in [3.63, 3.8) is 0 Å². The Morgan fingerprint density at radius 2 is 1.90 bits per heavy atom. The molecular formula is C23H35N3O4. The van der Waals surface area contributed by atoms with Crippen LogP contribution in [0, 0.1) is 10.8 Å². The summed E-state index contributed by atoms with van der Waals surface area (Å²) in [4.78, 5) is 30.7. The van der Waals surface area contributed by atoms with Crippen molar-refractivity contribution in [2.75, 3.05) is 13.7 Å². The quantitative estimate of drug-likeness (QED) is 0.706. The number of esters is 1. The van der Waals surface area contributed by atoms with Gasteiger partial charge in [0.25, 0.3) is 5.91 Å². The number of methoxy groups -OCH3 is 1. The fourth-order valence-electron chi connectivity index (χ4n) is 5.65. The summed E-state index contributed by atoms with van der Waals surface area (Å²) in [6.07, 6.45) is 7.79. The topological polar surface area (TPSA) is 74.8 Å². The van der Waals surface area contributed by atoms with Gasteiger partial charge in [0, 0.05) is 25.4 Å². The van der Waals surface area contributed by atoms with Crippen molar-refractivity contribution in [2.24, 2.45) is 22.9 Å². The van der Waals surface area contributed by atoms with E-state index in [1.165, 1.54) is 7.11 Å². The van der Waals surface area contributed by atoms with Gasteiger partial charge in [-0.25, -0.2) is 0 Å². The molecule has 0 unspecified atom stereocenters. The van der Waals surface area contributed by atoms with Gasteiger partial charge in [-0.15, -0.1) is 0 Å². The summed E-state index contributed by atoms with van der Waals surface area (Å²) in [5.41, 5.74) is 0.639. The van der Waals surface area contributed by atoms with Crippen LogP contribution in [0.2, 0.25) is 0 Å². The molecule has 0 radical (unpaired) electrons. The number of amides is 1. The number of fused-ring (bicyclic) bond motifs is 2. The summed E-state index contributed by atoms with van der Waals surface area (Å²) in [7, 11) is 3.44. The normalized spacial score (nSPS) is 31.5. The van der Waals surface area contributed by atoms with E-state index in [2.05, 4.69) is 31.6 Å². The molecule has 0 N–H and O–H groups in total. The van der Waals surface area contributed by atoms with E-state index in [-0.39, 0.29) is 23.4 Å². The minimum absolute atomic E-state index is 0.0800. The maximum Gasteiger partial charge on any atom is 0.311 e. The SMILES string of the molecule is COC(=O)C12CCC(C(=O)/N=c3\c(C(C)(C)C)cn(C)n3C[C@H]3CCCO3)(CC1)C2. The highest BCUT2D eigenvalue weighted by molar-refractivity contribution is 5.88. The molecule has 1 saturated heterocycles. The van der Waals surface area contributed by atoms with Crippen molar-refractivity contribution < 1.29 is 19.1 Å². The lowest BCUT2D eigenvalue weighted by Crippen LogP contribution is -2.35. The van der Waals surface area contributed by atoms with E-state index in [0.717, 1.165) is 43.3 Å². The lowest BCUT2D eigenvalue weighted by atomic mass is 9.81. The number of rotatable bonds is 4. The van der Waals surface area contributed by atoms with E-state index in [1.54, 1.807) is 0 Å². The molecule has 3 aliphatic rings. The van der Waals surface area contributed by atoms with Gasteiger partial charge in [0.15, 0.2) is 5.49 Å². The van der Waals surface area contributed by atoms with Gasteiger partial charge in [-0.3, -0.25) is 19.0 Å². The molecule has 2 aliphatic carbocycles. The Balaban J connectivity index is 1.72. The minimum atomic E-state index is -0.527. The van der Waals surface area contributed by atoms with Gasteiger partial charge in [-0.05, 0) is 50.4 Å². The van der Waals surface area contributed by atoms with E-state index in [0.29, 0.717) is 25.8 Å². The molecule has 3 fully saturated rings. The van der Waals surface area contributed by atoms with Crippen molar-refractivity contribution in [3.8, 4) is 0 Å². The molecular weight excluding hydrogens is 382 g/mol. The molecule has 7 nitrogen and oxygen atoms in total. The lowest BCUT2D eigenvalue weighted by molar-refractivity contribution is -0.152. The second-order valence-electron chi connectivity index (χ2n) is 10.6. The molecule has 1 atom stereocenters. The Kier molecular flexibility index (Phi) is 5.24. The molecule has 1 aromatic heterocycles. The molecule has 1 amide bonds. The molecule has 2 heterocycles. The van der Waals surface area contributed by atoms with E-state index in [9.17, 15) is 9.59 Å². The largest absolute Gasteiger partial charge is 0.469 e. The second-order valence-corrected chi connectivity index (χ2v) is 10.6. The van der Waals surface area contributed by atoms with Gasteiger partial charge in [-0.2, -0.15) is 4.99 Å². The molecule has 1 aromatic rings. The summed E-state index contributed by atoms with van der Waals surface area (Å²) >= 11 is 0. The van der Waals surface area contributed by atoms with Gasteiger partial charge in [0.05, 0.1) is 30.6 Å². The zero-order chi connectivity index (χ0) is 21.7. The van der Waals surface area contributed by atoms with Crippen LogP contribution in [-0.2, 0) is 38.1 Å². The molecule has 0 spiro atoms. The standard InChI is InChI=1S/C23H35N3O4/c1-21(2,3)17-14-25(4)26(13-16-7-6-12-30-16)18(17)24-19(27)22-8-10-23(15-22,11-9-22)20(28)29-5/h14,16H,6-13,15H2,1-5H3/b24-18+/t16-,22?,23?/m1/s1. The van der Waals surface area contributed by atoms with E-state index in [1.807, 2.05) is 11.7 Å². The van der Waals surface area contributed by atoms with Crippen LogP contribution in [0.5, 0.6) is 0 Å². The molecule has 7 heteroatoms. The first-order valence-corrected chi connectivity index (χ1v) is 11.2. The molecule has 0 aromatic carbocycles. The Hall–Kier alpha value is -1.89. The first-order valence-electron chi connectivity index (χ1n) is 11.2. The van der Waals surface area contributed by atoms with Gasteiger partial charge in [0.1, 0.15) is 0 Å². The molecule has 1 aliphatic heterocycles. The number of hydrogen-bond donors (Lipinski definition) is 0. The number of carbonyl (C=O) groups excluding carboxylic acids is 2. The number of hydrogen-bond acceptors (Lipinski definition) is 4. The van der Waals surface area contributed by atoms with E-state index >= 15 is 0 Å². The Bertz CT molecular complexity index is 904. The average Bonchev–Trinajstić information content (AvgIpc) is 3.47. The van der Waals surface area contributed by atoms with Crippen LogP contribution in [-0.4, -0.2) is 41.1 Å². The van der Waals surface area contributed by atoms with Crippen LogP contribution in [0.15, 0.2) is 11.2 Å². The van der Waals surface area contributed by atoms with Gasteiger partial charge in [0.2, 0.25) is 0 Å². The molecule has 2 bridgehead atoms. The third kappa shape index (κ3) is 3.45. The highest BCUT2D eigenvalue weighted by Gasteiger charge is 2.61. The summed E-state index contributed by atoms with van der Waals surface area (Å²) in [6, 6.07) is 0. The Labute approximate surface area is 178 Å². The number of carbonyl (C=O) groups is 2. The second kappa shape index (κ2) is 7.36. The van der Waals surface area contributed by atoms with Crippen LogP contribution in [0.25, 0.3) is 0 Å². The maximum absolute atomic E-state index is 13.6. The molecule has 30 heavy (non-hydrogen) atoms. The van der Waals surface area contributed by atoms with Crippen LogP contribution in [0.1, 0.15) is 71.3 Å². The van der Waals surface area contributed by atoms with Crippen molar-refractivity contribution in [1.82, 2.24) is 9.36 Å². The fraction of sp³-hybridized carbons (Fsp3) is 0.783. The minimum Gasteiger partial charge on any atom is -0.469 e. The molecule has 2 saturated carbocycles. The summed E-state index contributed by atoms with van der Waals surface area (Å²) in [5, 5.41) is 0. The molecule has 4 rings (SSSR count). The number of aryl methyl sites for hydroxylation is 1. The third-order valence-corrected chi connectivity index (χ3v) is 7.51. The van der Waals surface area contributed by atoms with Crippen molar-refractivity contribution in [3.05, 3.63) is 17.2 Å². The molecule has 166 valence electrons. The summed E-state index contributed by atoms with van der Waals surface area (Å²) in [6.45, 7) is 7.93. The van der Waals surface area contributed by atoms with Gasteiger partial charge >= 0.3 is 5.97 Å². The first kappa shape index (κ1) is 21.3. The Morgan fingerprint density at radius 3 is 2.47 bits per heavy atom. The number of nitrogens with zero attached hydrogens (tertiary/aromatic N) is 3. The highest BCUT2D eigenvalue weighted by atomic mass is 16.5. The average molecular weight is 418 g/mol. The van der Waals surface area contributed by atoms with Crippen LogP contribution >= 0.6 is 0 Å². The Morgan fingerprint density at radius 1 is 1.23 bits per heavy atom. The van der Waals surface area contributed by atoms with Crippen molar-refractivity contribution in [2.45, 2.75) is 83.8 Å². The smallest absolute Gasteiger partial charge is 0.311 e. The van der Waals surface area contributed by atoms with Crippen molar-refractivity contribution in [1.29, 1.82) is 0 Å². The zero-order valence-corrected chi connectivity index (χ0v) is 19.0. The van der Waals surface area contributed by atoms with Crippen molar-refractivity contribution >= 4 is 11.9 Å². The van der Waals surface area contributed by atoms with Crippen LogP contribution < -0.4 is 5.49 Å². The zero-order valence-electron chi connectivity index (χ0n) is 19.0. The van der Waals surface area contributed by atoms with Gasteiger partial charge < -0.3 is 9.47 Å². The van der Waals surface area contributed by atoms with Gasteiger partial charge in [-0.1, -0.05) is 20.8 Å². The van der Waals surface area contributed by atoms with E-state index in [4.69, 9.17) is 14.5 Å². The summed E-state index contributed by atoms with van der Waals surface area (Å²) in [5.74, 6) is -0.248. The summed E-state index contributed by atoms with van der Waals surface area (Å²) < 4.78 is 15.0. The number of ether oxygens (including phenoxy) is 2. The number of aromatic nitrogens is 2. The van der Waals surface area contributed by atoms with E-state index < -0.39 is 10.8 Å². The highest BCUT2D eigenvalue weighted by Crippen LogP contribution is 2.62. The first-order chi connectivity index (χ1) is 14.1. The predicted octanol–water partition coefficient (Wildman–Crippen LogP) is 2.85. The maximum atomic E-state index is 13.6. The fourth-order valence-corrected chi connectivity index (χ4v) is 5.65. The lowest BCUT2D eigenvalue weighted by Gasteiger charge is -2.24. The predicted molar refractivity (Wildman–Crippen MR) is 112 cm³/mol. The van der Waals surface area contributed by atoms with Crippen LogP contribution in [0.3, 0.4) is 0 Å².